The molecule has 0 spiro atoms. The molecule has 0 radical (unpaired) electrons. The molecule has 0 saturated heterocycles. The third-order valence-electron chi connectivity index (χ3n) is 1.67. The third-order valence-corrected chi connectivity index (χ3v) is 1.67. The molecule has 0 unspecified atom stereocenters. The summed E-state index contributed by atoms with van der Waals surface area (Å²) in [5.74, 6) is 0. The van der Waals surface area contributed by atoms with E-state index in [4.69, 9.17) is 5.73 Å². The standard InChI is InChI=1S/C7H6N4O2.C2H6/c8-3-1-9-2-4-5(3)11-7(13)6(12)10-4;1-2/h1-2H,8H2,(H,10,12)(H,11,13);1-2H3. The van der Waals surface area contributed by atoms with Crippen LogP contribution in [0.4, 0.5) is 5.69 Å². The Morgan fingerprint density at radius 2 is 1.73 bits per heavy atom. The number of fused-ring (bicyclic) bond motifs is 1. The zero-order valence-corrected chi connectivity index (χ0v) is 8.50. The van der Waals surface area contributed by atoms with Crippen LogP contribution in [0.2, 0.25) is 0 Å². The largest absolute Gasteiger partial charge is 0.396 e. The van der Waals surface area contributed by atoms with Crippen LogP contribution in [0.15, 0.2) is 22.0 Å². The molecule has 0 bridgehead atoms. The lowest BCUT2D eigenvalue weighted by atomic mass is 10.3. The molecular formula is C9H12N4O2. The fourth-order valence-electron chi connectivity index (χ4n) is 1.06. The quantitative estimate of drug-likeness (QED) is 0.538. The van der Waals surface area contributed by atoms with Crippen LogP contribution in [-0.4, -0.2) is 15.0 Å². The summed E-state index contributed by atoms with van der Waals surface area (Å²) in [6, 6.07) is 0. The zero-order chi connectivity index (χ0) is 11.4. The molecule has 4 N–H and O–H groups in total. The van der Waals surface area contributed by atoms with E-state index in [1.54, 1.807) is 0 Å². The highest BCUT2D eigenvalue weighted by molar-refractivity contribution is 5.84. The number of aromatic nitrogens is 3. The van der Waals surface area contributed by atoms with Gasteiger partial charge in [0.2, 0.25) is 0 Å². The fourth-order valence-corrected chi connectivity index (χ4v) is 1.06. The van der Waals surface area contributed by atoms with E-state index in [1.807, 2.05) is 13.8 Å². The van der Waals surface area contributed by atoms with Crippen LogP contribution < -0.4 is 16.9 Å². The molecule has 0 aliphatic rings. The minimum absolute atomic E-state index is 0.325. The Morgan fingerprint density at radius 3 is 2.40 bits per heavy atom. The zero-order valence-electron chi connectivity index (χ0n) is 8.50. The summed E-state index contributed by atoms with van der Waals surface area (Å²) in [5.41, 5.74) is 5.24. The van der Waals surface area contributed by atoms with Gasteiger partial charge in [-0.3, -0.25) is 14.6 Å². The number of aromatic amines is 2. The maximum atomic E-state index is 10.9. The van der Waals surface area contributed by atoms with Gasteiger partial charge in [-0.25, -0.2) is 0 Å². The molecule has 2 aromatic rings. The van der Waals surface area contributed by atoms with Gasteiger partial charge in [-0.2, -0.15) is 0 Å². The lowest BCUT2D eigenvalue weighted by Crippen LogP contribution is -2.29. The molecule has 0 fully saturated rings. The molecule has 0 aromatic carbocycles. The maximum absolute atomic E-state index is 10.9. The average Bonchev–Trinajstić information content (AvgIpc) is 2.24. The Hall–Kier alpha value is -2.11. The first-order chi connectivity index (χ1) is 7.18. The molecule has 15 heavy (non-hydrogen) atoms. The number of H-pyrrole nitrogens is 2. The van der Waals surface area contributed by atoms with Gasteiger partial charge in [0.05, 0.1) is 29.1 Å². The SMILES string of the molecule is CC.Nc1cncc2[nH]c(=O)c(=O)[nH]c12. The molecule has 0 atom stereocenters. The van der Waals surface area contributed by atoms with Crippen LogP contribution in [0, 0.1) is 0 Å². The number of nitrogen functional groups attached to an aromatic ring is 1. The second-order valence-corrected chi connectivity index (χ2v) is 2.56. The van der Waals surface area contributed by atoms with Gasteiger partial charge >= 0.3 is 11.1 Å². The number of nitrogens with two attached hydrogens (primary N) is 1. The lowest BCUT2D eigenvalue weighted by Gasteiger charge is -1.98. The van der Waals surface area contributed by atoms with Crippen molar-refractivity contribution in [2.75, 3.05) is 5.73 Å². The van der Waals surface area contributed by atoms with Crippen LogP contribution in [0.25, 0.3) is 11.0 Å². The van der Waals surface area contributed by atoms with Crippen molar-refractivity contribution in [3.63, 3.8) is 0 Å². The summed E-state index contributed by atoms with van der Waals surface area (Å²) in [5, 5.41) is 0. The Bertz CT molecular complexity index is 570. The molecule has 0 saturated carbocycles. The maximum Gasteiger partial charge on any atom is 0.314 e. The minimum Gasteiger partial charge on any atom is -0.396 e. The fraction of sp³-hybridized carbons (Fsp3) is 0.222. The molecule has 0 amide bonds. The first-order valence-electron chi connectivity index (χ1n) is 4.54. The Balaban J connectivity index is 0.000000531. The van der Waals surface area contributed by atoms with E-state index in [1.165, 1.54) is 12.4 Å². The van der Waals surface area contributed by atoms with Crippen molar-refractivity contribution in [3.05, 3.63) is 33.1 Å². The van der Waals surface area contributed by atoms with E-state index >= 15 is 0 Å². The predicted molar refractivity (Wildman–Crippen MR) is 58.7 cm³/mol. The van der Waals surface area contributed by atoms with Crippen molar-refractivity contribution in [2.45, 2.75) is 13.8 Å². The predicted octanol–water partition coefficient (Wildman–Crippen LogP) is 0.220. The van der Waals surface area contributed by atoms with Gasteiger partial charge in [-0.15, -0.1) is 0 Å². The Morgan fingerprint density at radius 1 is 1.13 bits per heavy atom. The number of rotatable bonds is 0. The van der Waals surface area contributed by atoms with Crippen molar-refractivity contribution in [1.82, 2.24) is 15.0 Å². The van der Waals surface area contributed by atoms with Crippen molar-refractivity contribution in [2.24, 2.45) is 0 Å². The normalized spacial score (nSPS) is 9.47. The molecule has 6 nitrogen and oxygen atoms in total. The molecule has 2 aromatic heterocycles. The highest BCUT2D eigenvalue weighted by Gasteiger charge is 2.01. The number of hydrogen-bond acceptors (Lipinski definition) is 4. The minimum atomic E-state index is -0.717. The first kappa shape index (κ1) is 11.0. The first-order valence-corrected chi connectivity index (χ1v) is 4.54. The van der Waals surface area contributed by atoms with E-state index in [9.17, 15) is 9.59 Å². The topological polar surface area (TPSA) is 105 Å². The van der Waals surface area contributed by atoms with Crippen molar-refractivity contribution >= 4 is 16.7 Å². The van der Waals surface area contributed by atoms with E-state index in [0.717, 1.165) is 0 Å². The van der Waals surface area contributed by atoms with Gasteiger partial charge in [-0.05, 0) is 0 Å². The van der Waals surface area contributed by atoms with Gasteiger partial charge in [0, 0.05) is 0 Å². The van der Waals surface area contributed by atoms with E-state index < -0.39 is 11.1 Å². The number of pyridine rings is 1. The summed E-state index contributed by atoms with van der Waals surface area (Å²) in [7, 11) is 0. The molecule has 2 heterocycles. The van der Waals surface area contributed by atoms with Crippen molar-refractivity contribution in [3.8, 4) is 0 Å². The molecule has 0 aliphatic carbocycles. The van der Waals surface area contributed by atoms with Crippen LogP contribution >= 0.6 is 0 Å². The summed E-state index contributed by atoms with van der Waals surface area (Å²) in [4.78, 5) is 30.3. The molecule has 2 rings (SSSR count). The van der Waals surface area contributed by atoms with Gasteiger partial charge in [0.1, 0.15) is 0 Å². The summed E-state index contributed by atoms with van der Waals surface area (Å²) in [6.07, 6.45) is 2.82. The lowest BCUT2D eigenvalue weighted by molar-refractivity contribution is 1.13. The molecule has 6 heteroatoms. The number of nitrogens with zero attached hydrogens (tertiary/aromatic N) is 1. The Labute approximate surface area is 85.2 Å². The van der Waals surface area contributed by atoms with E-state index in [0.29, 0.717) is 16.7 Å². The van der Waals surface area contributed by atoms with Gasteiger partial charge < -0.3 is 15.7 Å². The summed E-state index contributed by atoms with van der Waals surface area (Å²) in [6.45, 7) is 4.00. The van der Waals surface area contributed by atoms with E-state index in [2.05, 4.69) is 15.0 Å². The Kier molecular flexibility index (Phi) is 3.22. The second kappa shape index (κ2) is 4.41. The van der Waals surface area contributed by atoms with Crippen molar-refractivity contribution in [1.29, 1.82) is 0 Å². The number of nitrogens with one attached hydrogen (secondary N) is 2. The smallest absolute Gasteiger partial charge is 0.314 e. The van der Waals surface area contributed by atoms with Gasteiger partial charge in [0.25, 0.3) is 0 Å². The summed E-state index contributed by atoms with van der Waals surface area (Å²) < 4.78 is 0. The highest BCUT2D eigenvalue weighted by Crippen LogP contribution is 2.10. The van der Waals surface area contributed by atoms with Crippen LogP contribution in [0.3, 0.4) is 0 Å². The number of hydrogen-bond donors (Lipinski definition) is 3. The van der Waals surface area contributed by atoms with Gasteiger partial charge in [0.15, 0.2) is 0 Å². The highest BCUT2D eigenvalue weighted by atomic mass is 16.2. The average molecular weight is 208 g/mol. The van der Waals surface area contributed by atoms with Crippen LogP contribution in [-0.2, 0) is 0 Å². The molecular weight excluding hydrogens is 196 g/mol. The van der Waals surface area contributed by atoms with Gasteiger partial charge in [-0.1, -0.05) is 13.8 Å². The monoisotopic (exact) mass is 208 g/mol. The third kappa shape index (κ3) is 2.04. The second-order valence-electron chi connectivity index (χ2n) is 2.56. The van der Waals surface area contributed by atoms with Crippen LogP contribution in [0.5, 0.6) is 0 Å². The number of anilines is 1. The molecule has 0 aliphatic heterocycles. The van der Waals surface area contributed by atoms with Crippen LogP contribution in [0.1, 0.15) is 13.8 Å². The molecule has 80 valence electrons. The summed E-state index contributed by atoms with van der Waals surface area (Å²) >= 11 is 0. The van der Waals surface area contributed by atoms with Crippen molar-refractivity contribution < 1.29 is 0 Å². The van der Waals surface area contributed by atoms with E-state index in [-0.39, 0.29) is 0 Å².